The van der Waals surface area contributed by atoms with Crippen LogP contribution >= 0.6 is 22.9 Å². The van der Waals surface area contributed by atoms with E-state index in [2.05, 4.69) is 23.6 Å². The van der Waals surface area contributed by atoms with Crippen molar-refractivity contribution in [1.29, 1.82) is 0 Å². The highest BCUT2D eigenvalue weighted by atomic mass is 35.5. The summed E-state index contributed by atoms with van der Waals surface area (Å²) in [7, 11) is -3.42. The maximum Gasteiger partial charge on any atom is 0.251 e. The number of rotatable bonds is 9. The lowest BCUT2D eigenvalue weighted by molar-refractivity contribution is 0.517. The third-order valence-electron chi connectivity index (χ3n) is 2.72. The van der Waals surface area contributed by atoms with Crippen LogP contribution in [0.25, 0.3) is 0 Å². The van der Waals surface area contributed by atoms with E-state index in [4.69, 9.17) is 11.6 Å². The molecule has 0 aliphatic carbocycles. The van der Waals surface area contributed by atoms with E-state index in [1.807, 2.05) is 0 Å². The van der Waals surface area contributed by atoms with E-state index in [1.165, 1.54) is 19.0 Å². The molecule has 0 aromatic carbocycles. The van der Waals surface area contributed by atoms with Crippen molar-refractivity contribution in [2.45, 2.75) is 50.2 Å². The highest BCUT2D eigenvalue weighted by molar-refractivity contribution is 7.91. The molecule has 0 aliphatic heterocycles. The Labute approximate surface area is 124 Å². The van der Waals surface area contributed by atoms with Crippen molar-refractivity contribution in [3.63, 3.8) is 0 Å². The van der Waals surface area contributed by atoms with E-state index < -0.39 is 10.0 Å². The number of hydrogen-bond donors (Lipinski definition) is 1. The summed E-state index contributed by atoms with van der Waals surface area (Å²) >= 11 is 6.60. The van der Waals surface area contributed by atoms with Crippen LogP contribution in [-0.2, 0) is 10.0 Å². The fourth-order valence-electron chi connectivity index (χ4n) is 1.67. The quantitative estimate of drug-likeness (QED) is 0.705. The zero-order chi connectivity index (χ0) is 14.3. The minimum atomic E-state index is -3.42. The van der Waals surface area contributed by atoms with E-state index in [9.17, 15) is 8.42 Å². The monoisotopic (exact) mass is 324 g/mol. The molecular formula is C12H21ClN2O2S2. The summed E-state index contributed by atoms with van der Waals surface area (Å²) < 4.78 is 26.6. The van der Waals surface area contributed by atoms with Crippen molar-refractivity contribution in [3.05, 3.63) is 10.7 Å². The van der Waals surface area contributed by atoms with Gasteiger partial charge in [-0.25, -0.2) is 18.1 Å². The van der Waals surface area contributed by atoms with Crippen molar-refractivity contribution < 1.29 is 8.42 Å². The molecule has 1 aromatic rings. The first-order chi connectivity index (χ1) is 8.92. The van der Waals surface area contributed by atoms with E-state index >= 15 is 0 Å². The molecule has 1 heterocycles. The number of unbranched alkanes of at least 4 members (excludes halogenated alkanes) is 3. The van der Waals surface area contributed by atoms with E-state index in [0.29, 0.717) is 6.54 Å². The second-order valence-electron chi connectivity index (χ2n) is 4.93. The molecule has 0 amide bonds. The summed E-state index contributed by atoms with van der Waals surface area (Å²) in [5.74, 6) is 0.745. The topological polar surface area (TPSA) is 59.1 Å². The van der Waals surface area contributed by atoms with E-state index in [-0.39, 0.29) is 8.68 Å². The second kappa shape index (κ2) is 8.19. The third-order valence-corrected chi connectivity index (χ3v) is 5.76. The molecule has 1 N–H and O–H groups in total. The molecule has 0 bridgehead atoms. The van der Waals surface area contributed by atoms with E-state index in [1.54, 1.807) is 0 Å². The predicted molar refractivity (Wildman–Crippen MR) is 80.2 cm³/mol. The average Bonchev–Trinajstić information content (AvgIpc) is 2.75. The zero-order valence-electron chi connectivity index (χ0n) is 11.4. The summed E-state index contributed by atoms with van der Waals surface area (Å²) in [5, 5.41) is 0. The molecule has 0 fully saturated rings. The molecule has 0 unspecified atom stereocenters. The van der Waals surface area contributed by atoms with Gasteiger partial charge in [0.05, 0.1) is 6.20 Å². The Balaban J connectivity index is 2.19. The highest BCUT2D eigenvalue weighted by Gasteiger charge is 2.16. The molecule has 19 heavy (non-hydrogen) atoms. The molecule has 7 heteroatoms. The number of thiazole rings is 1. The lowest BCUT2D eigenvalue weighted by atomic mass is 10.0. The van der Waals surface area contributed by atoms with Crippen molar-refractivity contribution in [3.8, 4) is 0 Å². The maximum atomic E-state index is 11.8. The standard InChI is InChI=1S/C12H21ClN2O2S2/c1-10(2)7-5-3-4-6-8-15-19(16,17)11-9-14-12(13)18-11/h9-10,15H,3-8H2,1-2H3. The van der Waals surface area contributed by atoms with Crippen molar-refractivity contribution in [2.75, 3.05) is 6.54 Å². The minimum absolute atomic E-state index is 0.178. The molecule has 1 rings (SSSR count). The molecule has 110 valence electrons. The first kappa shape index (κ1) is 16.9. The van der Waals surface area contributed by atoms with Gasteiger partial charge >= 0.3 is 0 Å². The summed E-state index contributed by atoms with van der Waals surface area (Å²) in [5.41, 5.74) is 0. The van der Waals surface area contributed by atoms with Crippen molar-refractivity contribution in [1.82, 2.24) is 9.71 Å². The van der Waals surface area contributed by atoms with Gasteiger partial charge in [0.1, 0.15) is 0 Å². The Morgan fingerprint density at radius 1 is 1.32 bits per heavy atom. The average molecular weight is 325 g/mol. The molecule has 0 atom stereocenters. The highest BCUT2D eigenvalue weighted by Crippen LogP contribution is 2.22. The summed E-state index contributed by atoms with van der Waals surface area (Å²) in [6.45, 7) is 4.90. The van der Waals surface area contributed by atoms with Crippen LogP contribution in [0.1, 0.15) is 46.0 Å². The van der Waals surface area contributed by atoms with Crippen LogP contribution in [0.15, 0.2) is 10.4 Å². The smallest absolute Gasteiger partial charge is 0.232 e. The number of hydrogen-bond acceptors (Lipinski definition) is 4. The van der Waals surface area contributed by atoms with Gasteiger partial charge in [-0.1, -0.05) is 62.5 Å². The maximum absolute atomic E-state index is 11.8. The molecule has 0 saturated heterocycles. The molecule has 1 aromatic heterocycles. The zero-order valence-corrected chi connectivity index (χ0v) is 13.7. The number of aromatic nitrogens is 1. The van der Waals surface area contributed by atoms with Crippen LogP contribution in [0.2, 0.25) is 4.47 Å². The summed E-state index contributed by atoms with van der Waals surface area (Å²) in [4.78, 5) is 3.73. The first-order valence-corrected chi connectivity index (χ1v) is 9.20. The van der Waals surface area contributed by atoms with Gasteiger partial charge in [-0.2, -0.15) is 0 Å². The van der Waals surface area contributed by atoms with Gasteiger partial charge in [0, 0.05) is 6.54 Å². The van der Waals surface area contributed by atoms with Gasteiger partial charge in [-0.15, -0.1) is 0 Å². The van der Waals surface area contributed by atoms with Gasteiger partial charge in [-0.3, -0.25) is 0 Å². The van der Waals surface area contributed by atoms with Crippen molar-refractivity contribution >= 4 is 33.0 Å². The fraction of sp³-hybridized carbons (Fsp3) is 0.750. The van der Waals surface area contributed by atoms with Crippen LogP contribution in [0.5, 0.6) is 0 Å². The molecule has 4 nitrogen and oxygen atoms in total. The lowest BCUT2D eigenvalue weighted by Crippen LogP contribution is -2.23. The number of halogens is 1. The second-order valence-corrected chi connectivity index (χ2v) is 8.53. The SMILES string of the molecule is CC(C)CCCCCCNS(=O)(=O)c1cnc(Cl)s1. The largest absolute Gasteiger partial charge is 0.251 e. The Bertz CT molecular complexity index is 472. The van der Waals surface area contributed by atoms with Crippen LogP contribution in [0.4, 0.5) is 0 Å². The molecule has 0 aliphatic rings. The first-order valence-electron chi connectivity index (χ1n) is 6.53. The van der Waals surface area contributed by atoms with Crippen molar-refractivity contribution in [2.24, 2.45) is 5.92 Å². The van der Waals surface area contributed by atoms with Gasteiger partial charge in [0.15, 0.2) is 8.68 Å². The Hall–Kier alpha value is -0.170. The van der Waals surface area contributed by atoms with Crippen LogP contribution in [0, 0.1) is 5.92 Å². The van der Waals surface area contributed by atoms with E-state index in [0.717, 1.165) is 36.5 Å². The molecule has 0 spiro atoms. The summed E-state index contributed by atoms with van der Waals surface area (Å²) in [6, 6.07) is 0. The predicted octanol–water partition coefficient (Wildman–Crippen LogP) is 3.68. The van der Waals surface area contributed by atoms with Gasteiger partial charge in [-0.05, 0) is 12.3 Å². The van der Waals surface area contributed by atoms with Crippen LogP contribution < -0.4 is 4.72 Å². The van der Waals surface area contributed by atoms with Gasteiger partial charge in [0.2, 0.25) is 0 Å². The molecular weight excluding hydrogens is 304 g/mol. The van der Waals surface area contributed by atoms with Crippen LogP contribution in [0.3, 0.4) is 0 Å². The Kier molecular flexibility index (Phi) is 7.28. The Morgan fingerprint density at radius 3 is 2.58 bits per heavy atom. The molecule has 0 radical (unpaired) electrons. The number of sulfonamides is 1. The normalized spacial score (nSPS) is 12.2. The minimum Gasteiger partial charge on any atom is -0.232 e. The van der Waals surface area contributed by atoms with Gasteiger partial charge in [0.25, 0.3) is 10.0 Å². The lowest BCUT2D eigenvalue weighted by Gasteiger charge is -2.05. The third kappa shape index (κ3) is 6.70. The van der Waals surface area contributed by atoms with Gasteiger partial charge < -0.3 is 0 Å². The van der Waals surface area contributed by atoms with Crippen LogP contribution in [-0.4, -0.2) is 19.9 Å². The Morgan fingerprint density at radius 2 is 2.00 bits per heavy atom. The molecule has 0 saturated carbocycles. The fourth-order valence-corrected chi connectivity index (χ4v) is 4.08. The summed E-state index contributed by atoms with van der Waals surface area (Å²) in [6.07, 6.45) is 6.83. The number of nitrogens with one attached hydrogen (secondary N) is 1. The number of nitrogens with zero attached hydrogens (tertiary/aromatic N) is 1.